The average molecular weight is 646 g/mol. The van der Waals surface area contributed by atoms with Crippen molar-refractivity contribution < 1.29 is 19.5 Å². The van der Waals surface area contributed by atoms with Crippen molar-refractivity contribution in [1.82, 2.24) is 7.85 Å². The van der Waals surface area contributed by atoms with Gasteiger partial charge in [-0.05, 0) is 40.5 Å². The van der Waals surface area contributed by atoms with Crippen LogP contribution in [-0.2, 0) is 9.59 Å². The quantitative estimate of drug-likeness (QED) is 0.164. The number of azo groups is 1. The third kappa shape index (κ3) is 17.5. The van der Waals surface area contributed by atoms with Crippen LogP contribution in [0.3, 0.4) is 0 Å². The summed E-state index contributed by atoms with van der Waals surface area (Å²) in [4.78, 5) is 31.0. The Kier molecular flexibility index (Phi) is 15.9. The number of nitrogens with zero attached hydrogens (tertiary/aromatic N) is 6. The van der Waals surface area contributed by atoms with Gasteiger partial charge in [0.1, 0.15) is 6.54 Å². The number of halogens is 5. The van der Waals surface area contributed by atoms with E-state index in [1.54, 1.807) is 27.7 Å². The first-order valence-corrected chi connectivity index (χ1v) is 13.7. The van der Waals surface area contributed by atoms with Gasteiger partial charge in [0.25, 0.3) is 5.91 Å². The van der Waals surface area contributed by atoms with Gasteiger partial charge in [-0.25, -0.2) is 8.72 Å². The summed E-state index contributed by atoms with van der Waals surface area (Å²) in [5.74, 6) is -2.08. The summed E-state index contributed by atoms with van der Waals surface area (Å²) < 4.78 is 2.02. The van der Waals surface area contributed by atoms with Gasteiger partial charge in [0.2, 0.25) is 0 Å². The Morgan fingerprint density at radius 1 is 1.10 bits per heavy atom. The molecular weight excluding hydrogens is 625 g/mol. The van der Waals surface area contributed by atoms with E-state index in [9.17, 15) is 14.4 Å². The van der Waals surface area contributed by atoms with Crippen LogP contribution < -0.4 is 0 Å². The zero-order valence-corrected chi connectivity index (χ0v) is 23.2. The van der Waals surface area contributed by atoms with Crippen molar-refractivity contribution in [2.45, 2.75) is 51.6 Å². The van der Waals surface area contributed by atoms with Crippen molar-refractivity contribution in [2.75, 3.05) is 6.54 Å². The highest BCUT2D eigenvalue weighted by Gasteiger charge is 2.33. The zero-order valence-electron chi connectivity index (χ0n) is 16.9. The zero-order chi connectivity index (χ0) is 25.0. The predicted octanol–water partition coefficient (Wildman–Crippen LogP) is 6.32. The molecule has 0 aromatic rings. The molecule has 0 aromatic heterocycles. The second kappa shape index (κ2) is 15.2. The topological polar surface area (TPSA) is 150 Å². The summed E-state index contributed by atoms with van der Waals surface area (Å²) in [6, 6.07) is 3.55. The van der Waals surface area contributed by atoms with Crippen LogP contribution >= 0.6 is 72.0 Å². The van der Waals surface area contributed by atoms with Gasteiger partial charge in [-0.3, -0.25) is 9.59 Å². The summed E-state index contributed by atoms with van der Waals surface area (Å²) in [6.07, 6.45) is 1.80. The molecule has 0 aromatic carbocycles. The van der Waals surface area contributed by atoms with Crippen LogP contribution in [-0.4, -0.2) is 48.5 Å². The lowest BCUT2D eigenvalue weighted by molar-refractivity contribution is -0.138. The minimum Gasteiger partial charge on any atom is -0.481 e. The molecule has 1 heterocycles. The van der Waals surface area contributed by atoms with Crippen LogP contribution in [0.25, 0.3) is 0 Å². The molecule has 1 saturated heterocycles. The van der Waals surface area contributed by atoms with E-state index >= 15 is 0 Å². The van der Waals surface area contributed by atoms with Crippen molar-refractivity contribution in [2.24, 2.45) is 16.1 Å². The highest BCUT2D eigenvalue weighted by atomic mass is 79.9. The number of rotatable bonds is 3. The van der Waals surface area contributed by atoms with Crippen LogP contribution in [0.4, 0.5) is 4.79 Å². The molecule has 3 amide bonds. The van der Waals surface area contributed by atoms with E-state index < -0.39 is 23.0 Å². The fourth-order valence-electron chi connectivity index (χ4n) is 1.08. The molecule has 0 unspecified atom stereocenters. The van der Waals surface area contributed by atoms with Gasteiger partial charge in [-0.1, -0.05) is 33.7 Å². The molecule has 1 saturated carbocycles. The van der Waals surface area contributed by atoms with E-state index in [4.69, 9.17) is 49.4 Å². The monoisotopic (exact) mass is 642 g/mol. The fourth-order valence-corrected chi connectivity index (χ4v) is 1.96. The number of aliphatic carboxylic acids is 1. The van der Waals surface area contributed by atoms with Crippen molar-refractivity contribution >= 4 is 89.9 Å². The summed E-state index contributed by atoms with van der Waals surface area (Å²) in [5, 5.41) is 32.7. The molecule has 16 heteroatoms. The second-order valence-corrected chi connectivity index (χ2v) is 13.4. The third-order valence-corrected chi connectivity index (χ3v) is 4.15. The number of hydrogen-bond donors (Lipinski definition) is 1. The fraction of sp³-hybridized carbons (Fsp3) is 0.667. The van der Waals surface area contributed by atoms with Crippen LogP contribution in [0.2, 0.25) is 0 Å². The Morgan fingerprint density at radius 3 is 1.55 bits per heavy atom. The molecule has 2 rings (SSSR count). The normalized spacial score (nSPS) is 15.7. The number of imide groups is 1. The van der Waals surface area contributed by atoms with E-state index in [0.717, 1.165) is 20.7 Å². The Morgan fingerprint density at radius 2 is 1.45 bits per heavy atom. The number of carbonyl (C=O) groups excluding carboxylic acids is 2. The molecule has 0 bridgehead atoms. The lowest BCUT2D eigenvalue weighted by Gasteiger charge is -2.11. The lowest BCUT2D eigenvalue weighted by Crippen LogP contribution is -2.18. The molecule has 31 heavy (non-hydrogen) atoms. The number of carbonyl (C=O) groups is 3. The van der Waals surface area contributed by atoms with E-state index in [1.807, 2.05) is 12.1 Å². The van der Waals surface area contributed by atoms with Crippen molar-refractivity contribution in [3.05, 3.63) is 0 Å². The Bertz CT molecular complexity index is 723. The molecule has 0 spiro atoms. The molecule has 0 radical (unpaired) electrons. The van der Waals surface area contributed by atoms with Gasteiger partial charge in [-0.2, -0.15) is 24.7 Å². The number of urea groups is 1. The van der Waals surface area contributed by atoms with E-state index in [-0.39, 0.29) is 24.4 Å². The Labute approximate surface area is 213 Å². The molecule has 1 aliphatic carbocycles. The van der Waals surface area contributed by atoms with Gasteiger partial charge < -0.3 is 5.11 Å². The second-order valence-electron chi connectivity index (χ2n) is 6.82. The van der Waals surface area contributed by atoms with Crippen LogP contribution in [0.1, 0.15) is 40.5 Å². The van der Waals surface area contributed by atoms with Crippen molar-refractivity contribution in [3.8, 4) is 12.1 Å². The molecular formula is C15H20Br2Cl3N6O4P. The molecule has 2 aliphatic rings. The predicted molar refractivity (Wildman–Crippen MR) is 126 cm³/mol. The minimum atomic E-state index is -1.20. The smallest absolute Gasteiger partial charge is 0.347 e. The lowest BCUT2D eigenvalue weighted by atomic mass is 10.1. The van der Waals surface area contributed by atoms with Gasteiger partial charge >= 0.3 is 12.0 Å². The highest BCUT2D eigenvalue weighted by molar-refractivity contribution is 9.08. The minimum absolute atomic E-state index is 0.0185. The van der Waals surface area contributed by atoms with E-state index in [0.29, 0.717) is 0 Å². The first-order chi connectivity index (χ1) is 14.0. The van der Waals surface area contributed by atoms with E-state index in [1.165, 1.54) is 0 Å². The maximum Gasteiger partial charge on any atom is 0.347 e. The highest BCUT2D eigenvalue weighted by Crippen LogP contribution is 2.51. The van der Waals surface area contributed by atoms with Gasteiger partial charge in [-0.15, -0.1) is 0 Å². The first-order valence-electron chi connectivity index (χ1n) is 8.22. The van der Waals surface area contributed by atoms with Crippen LogP contribution in [0.15, 0.2) is 10.2 Å². The summed E-state index contributed by atoms with van der Waals surface area (Å²) in [6.45, 7) is 6.66. The maximum absolute atomic E-state index is 10.7. The number of amides is 3. The molecule has 1 aliphatic heterocycles. The molecule has 2 fully saturated rings. The Hall–Kier alpha value is -0.750. The maximum atomic E-state index is 10.7. The van der Waals surface area contributed by atoms with Gasteiger partial charge in [0.15, 0.2) is 17.1 Å². The number of carboxylic acids is 1. The number of hydrogen-bond acceptors (Lipinski definition) is 7. The SMILES string of the molecule is CC(C)(C#N)N=NC(C)(C)C#N.ClP(Cl)Cl.O=C(O)C1CC1.O=C1CN(Br)C(=O)N1Br. The Balaban J connectivity index is 0. The largest absolute Gasteiger partial charge is 0.481 e. The standard InChI is InChI=1S/C8H12N4.C4H6O2.C3H2Br2N2O2.Cl3P/c1-7(2,5-9)11-12-8(3,4)6-10;5-4(6)3-1-2-3;4-6-1-2(8)7(5)3(6)9;1-4(2)3/h1-4H3;3H,1-2H2,(H,5,6);1H2;. The number of nitriles is 2. The summed E-state index contributed by atoms with van der Waals surface area (Å²) in [5.41, 5.74) is -1.68. The van der Waals surface area contributed by atoms with Crippen LogP contribution in [0, 0.1) is 28.6 Å². The van der Waals surface area contributed by atoms with Gasteiger partial charge in [0, 0.05) is 0 Å². The van der Waals surface area contributed by atoms with Crippen molar-refractivity contribution in [1.29, 1.82) is 10.5 Å². The average Bonchev–Trinajstić information content (AvgIpc) is 3.48. The third-order valence-electron chi connectivity index (χ3n) is 2.89. The molecule has 174 valence electrons. The van der Waals surface area contributed by atoms with Crippen molar-refractivity contribution in [3.63, 3.8) is 0 Å². The summed E-state index contributed by atoms with van der Waals surface area (Å²) in [7, 11) is 0. The van der Waals surface area contributed by atoms with E-state index in [2.05, 4.69) is 42.5 Å². The first kappa shape index (κ1) is 32.4. The molecule has 0 atom stereocenters. The number of carboxylic acid groups (broad SMARTS) is 1. The summed E-state index contributed by atoms with van der Waals surface area (Å²) >= 11 is 20.3. The van der Waals surface area contributed by atoms with Crippen LogP contribution in [0.5, 0.6) is 0 Å². The van der Waals surface area contributed by atoms with Gasteiger partial charge in [0.05, 0.1) is 50.4 Å². The molecule has 10 nitrogen and oxygen atoms in total. The molecule has 1 N–H and O–H groups in total.